The first-order valence-electron chi connectivity index (χ1n) is 1.56. The van der Waals surface area contributed by atoms with E-state index >= 15 is 0 Å². The van der Waals surface area contributed by atoms with Crippen LogP contribution in [0.5, 0.6) is 0 Å². The van der Waals surface area contributed by atoms with Crippen LogP contribution in [0.15, 0.2) is 0 Å². The first-order chi connectivity index (χ1) is 3.12. The van der Waals surface area contributed by atoms with E-state index in [0.29, 0.717) is 0 Å². The van der Waals surface area contributed by atoms with Crippen LogP contribution in [0, 0.1) is 0 Å². The predicted octanol–water partition coefficient (Wildman–Crippen LogP) is 1.66. The van der Waals surface area contributed by atoms with E-state index in [0.717, 1.165) is 0 Å². The van der Waals surface area contributed by atoms with Crippen LogP contribution in [0.4, 0.5) is 0 Å². The molecule has 0 heterocycles. The van der Waals surface area contributed by atoms with E-state index in [1.165, 1.54) is 14.2 Å². The molecule has 0 atom stereocenters. The minimum atomic E-state index is -2.13. The molecule has 0 N–H and O–H groups in total. The monoisotopic (exact) mass is 226 g/mol. The zero-order chi connectivity index (χ0) is 5.91. The van der Waals surface area contributed by atoms with Crippen molar-refractivity contribution in [3.63, 3.8) is 0 Å². The van der Waals surface area contributed by atoms with Gasteiger partial charge in [-0.2, -0.15) is 27.0 Å². The van der Waals surface area contributed by atoms with Gasteiger partial charge < -0.3 is 9.05 Å². The summed E-state index contributed by atoms with van der Waals surface area (Å²) in [4.78, 5) is 0. The molecule has 0 unspecified atom stereocenters. The van der Waals surface area contributed by atoms with Crippen LogP contribution in [-0.4, -0.2) is 14.2 Å². The van der Waals surface area contributed by atoms with Crippen LogP contribution >= 0.6 is 44.9 Å². The second-order valence-electron chi connectivity index (χ2n) is 0.834. The molecule has 0 saturated heterocycles. The van der Waals surface area contributed by atoms with Crippen LogP contribution in [0.3, 0.4) is 0 Å². The molecule has 9 heavy (non-hydrogen) atoms. The topological polar surface area (TPSA) is 18.5 Å². The molecule has 0 saturated carbocycles. The maximum atomic E-state index is 4.68. The highest BCUT2D eigenvalue weighted by atomic mass is 32.9. The van der Waals surface area contributed by atoms with Crippen molar-refractivity contribution in [3.8, 4) is 0 Å². The van der Waals surface area contributed by atoms with Crippen molar-refractivity contribution in [3.05, 3.63) is 0 Å². The van der Waals surface area contributed by atoms with Crippen molar-refractivity contribution in [1.29, 1.82) is 0 Å². The van der Waals surface area contributed by atoms with Gasteiger partial charge in [0.1, 0.15) is 0 Å². The highest BCUT2D eigenvalue weighted by Gasteiger charge is 2.04. The minimum Gasteiger partial charge on any atom is -0.325 e. The van der Waals surface area contributed by atoms with E-state index in [9.17, 15) is 0 Å². The molecule has 60 valence electrons. The molecule has 0 aromatic rings. The van der Waals surface area contributed by atoms with Crippen LogP contribution < -0.4 is 0 Å². The molecule has 0 aliphatic carbocycles. The second-order valence-corrected chi connectivity index (χ2v) is 6.33. The van der Waals surface area contributed by atoms with Crippen LogP contribution in [0.25, 0.3) is 0 Å². The van der Waals surface area contributed by atoms with Gasteiger partial charge in [-0.3, -0.25) is 0 Å². The molecule has 7 heteroatoms. The number of thiol groups is 1. The first-order valence-corrected chi connectivity index (χ1v) is 5.36. The van der Waals surface area contributed by atoms with Crippen LogP contribution in [0.2, 0.25) is 0 Å². The van der Waals surface area contributed by atoms with E-state index in [4.69, 9.17) is 0 Å². The van der Waals surface area contributed by atoms with Gasteiger partial charge in [0.05, 0.1) is 0 Å². The van der Waals surface area contributed by atoms with Crippen molar-refractivity contribution in [2.45, 2.75) is 0 Å². The molecule has 0 rings (SSSR count). The average molecular weight is 226 g/mol. The Morgan fingerprint density at radius 3 is 1.44 bits per heavy atom. The zero-order valence-electron chi connectivity index (χ0n) is 5.12. The average Bonchev–Trinajstić information content (AvgIpc) is 1.68. The van der Waals surface area contributed by atoms with Gasteiger partial charge in [0.2, 0.25) is 5.69 Å². The van der Waals surface area contributed by atoms with Crippen LogP contribution in [-0.2, 0) is 20.9 Å². The van der Waals surface area contributed by atoms with E-state index in [2.05, 4.69) is 33.1 Å². The fourth-order valence-corrected chi connectivity index (χ4v) is 0.224. The fraction of sp³-hybridized carbons (Fsp3) is 1.00. The van der Waals surface area contributed by atoms with E-state index < -0.39 is 5.69 Å². The van der Waals surface area contributed by atoms with Crippen molar-refractivity contribution in [2.75, 3.05) is 14.2 Å². The molecular weight excluding hydrogens is 215 g/mol. The third-order valence-electron chi connectivity index (χ3n) is 0.461. The van der Waals surface area contributed by atoms with Crippen molar-refractivity contribution in [1.82, 2.24) is 0 Å². The quantitative estimate of drug-likeness (QED) is 0.570. The maximum Gasteiger partial charge on any atom is 0.243 e. The second kappa shape index (κ2) is 7.72. The van der Waals surface area contributed by atoms with Crippen LogP contribution in [0.1, 0.15) is 0 Å². The Bertz CT molecular complexity index is 88.6. The maximum absolute atomic E-state index is 4.68. The summed E-state index contributed by atoms with van der Waals surface area (Å²) in [7, 11) is 2.97. The van der Waals surface area contributed by atoms with Gasteiger partial charge >= 0.3 is 0 Å². The smallest absolute Gasteiger partial charge is 0.243 e. The van der Waals surface area contributed by atoms with Crippen molar-refractivity contribution < 1.29 is 9.05 Å². The summed E-state index contributed by atoms with van der Waals surface area (Å²) < 4.78 is 9.31. The van der Waals surface area contributed by atoms with Gasteiger partial charge in [0.25, 0.3) is 0 Å². The number of rotatable bonds is 2. The van der Waals surface area contributed by atoms with Gasteiger partial charge in [0.15, 0.2) is 0 Å². The lowest BCUT2D eigenvalue weighted by atomic mass is 11.8. The summed E-state index contributed by atoms with van der Waals surface area (Å²) in [6.45, 7) is 0. The molecule has 0 aliphatic heterocycles. The Morgan fingerprint density at radius 2 is 1.44 bits per heavy atom. The Kier molecular flexibility index (Phi) is 14.5. The molecule has 0 fully saturated rings. The fourth-order valence-electron chi connectivity index (χ4n) is 0.0745. The van der Waals surface area contributed by atoms with E-state index in [-0.39, 0.29) is 27.0 Å². The lowest BCUT2D eigenvalue weighted by molar-refractivity contribution is 0.354. The summed E-state index contributed by atoms with van der Waals surface area (Å²) in [6.07, 6.45) is 0. The predicted molar refractivity (Wildman–Crippen MR) is 58.1 cm³/mol. The molecule has 0 aromatic carbocycles. The molecular formula is C2H11O2PS4. The lowest BCUT2D eigenvalue weighted by Crippen LogP contribution is -1.76. The highest BCUT2D eigenvalue weighted by molar-refractivity contribution is 8.60. The Hall–Kier alpha value is 1.62. The molecule has 0 radical (unpaired) electrons. The summed E-state index contributed by atoms with van der Waals surface area (Å²) in [6, 6.07) is 0. The van der Waals surface area contributed by atoms with E-state index in [1.807, 2.05) is 0 Å². The SMILES string of the molecule is COP(=S)(S)OC.S.S. The summed E-state index contributed by atoms with van der Waals surface area (Å²) >= 11 is 8.54. The third-order valence-corrected chi connectivity index (χ3v) is 3.26. The van der Waals surface area contributed by atoms with Gasteiger partial charge in [-0.25, -0.2) is 0 Å². The molecule has 0 spiro atoms. The van der Waals surface area contributed by atoms with E-state index in [1.54, 1.807) is 0 Å². The summed E-state index contributed by atoms with van der Waals surface area (Å²) in [5.74, 6) is 0. The molecule has 0 amide bonds. The first kappa shape index (κ1) is 16.9. The van der Waals surface area contributed by atoms with Gasteiger partial charge in [-0.15, -0.1) is 0 Å². The normalized spacial score (nSPS) is 9.22. The Balaban J connectivity index is -0.000000180. The number of hydrogen-bond acceptors (Lipinski definition) is 3. The van der Waals surface area contributed by atoms with Crippen molar-refractivity contribution in [2.24, 2.45) is 0 Å². The van der Waals surface area contributed by atoms with Gasteiger partial charge in [0, 0.05) is 14.2 Å². The standard InChI is InChI=1S/C2H7O2PS2.2H2S/c1-3-5(6,7)4-2;;/h1-2H3,(H,6,7);2*1H2. The Morgan fingerprint density at radius 1 is 1.22 bits per heavy atom. The lowest BCUT2D eigenvalue weighted by Gasteiger charge is -2.07. The molecule has 0 bridgehead atoms. The van der Waals surface area contributed by atoms with Gasteiger partial charge in [-0.05, 0) is 11.8 Å². The minimum absolute atomic E-state index is 0. The third kappa shape index (κ3) is 9.62. The zero-order valence-corrected chi connectivity index (χ0v) is 9.72. The number of hydrogen-bond donors (Lipinski definition) is 1. The summed E-state index contributed by atoms with van der Waals surface area (Å²) in [5.41, 5.74) is -2.13. The Labute approximate surface area is 79.9 Å². The van der Waals surface area contributed by atoms with Crippen molar-refractivity contribution >= 4 is 56.7 Å². The molecule has 2 nitrogen and oxygen atoms in total. The molecule has 0 aliphatic rings. The summed E-state index contributed by atoms with van der Waals surface area (Å²) in [5, 5.41) is 0. The van der Waals surface area contributed by atoms with Gasteiger partial charge in [-0.1, -0.05) is 12.2 Å². The molecule has 0 aromatic heterocycles. The largest absolute Gasteiger partial charge is 0.325 e. The highest BCUT2D eigenvalue weighted by Crippen LogP contribution is 2.51.